The highest BCUT2D eigenvalue weighted by Gasteiger charge is 2.25. The van der Waals surface area contributed by atoms with Gasteiger partial charge in [0.15, 0.2) is 11.5 Å². The van der Waals surface area contributed by atoms with Gasteiger partial charge in [-0.3, -0.25) is 14.9 Å². The molecule has 2 aromatic carbocycles. The van der Waals surface area contributed by atoms with Gasteiger partial charge in [-0.15, -0.1) is 0 Å². The number of rotatable bonds is 5. The third kappa shape index (κ3) is 3.70. The molecular weight excluding hydrogens is 366 g/mol. The van der Waals surface area contributed by atoms with Crippen LogP contribution in [0.3, 0.4) is 0 Å². The third-order valence-corrected chi connectivity index (χ3v) is 5.02. The van der Waals surface area contributed by atoms with Crippen LogP contribution in [-0.4, -0.2) is 24.5 Å². The van der Waals surface area contributed by atoms with E-state index in [9.17, 15) is 9.59 Å². The number of carbonyl (C=O) groups is 2. The van der Waals surface area contributed by atoms with Crippen LogP contribution in [-0.2, 0) is 11.2 Å². The van der Waals surface area contributed by atoms with E-state index < -0.39 is 0 Å². The number of para-hydroxylation sites is 1. The van der Waals surface area contributed by atoms with Crippen LogP contribution in [0, 0.1) is 0 Å². The van der Waals surface area contributed by atoms with Crippen molar-refractivity contribution in [3.8, 4) is 11.5 Å². The van der Waals surface area contributed by atoms with Gasteiger partial charge in [0.1, 0.15) is 0 Å². The fourth-order valence-corrected chi connectivity index (χ4v) is 3.59. The standard InChI is InChI=1S/C19H17N3O4S/c20-13-5-4-11(9-16-18(23)22-19(24)27-16)8-14(13)21-7-6-12-2-1-3-15-17(12)26-10-25-15/h1-5,8-9,21H,6-7,10,20H2,(H,22,23,24). The Labute approximate surface area is 159 Å². The van der Waals surface area contributed by atoms with Gasteiger partial charge in [0.25, 0.3) is 11.1 Å². The Hall–Kier alpha value is -3.13. The van der Waals surface area contributed by atoms with E-state index in [1.807, 2.05) is 24.3 Å². The number of fused-ring (bicyclic) bond motifs is 1. The molecule has 0 atom stereocenters. The Morgan fingerprint density at radius 3 is 2.93 bits per heavy atom. The molecule has 27 heavy (non-hydrogen) atoms. The fourth-order valence-electron chi connectivity index (χ4n) is 2.91. The molecule has 0 spiro atoms. The minimum absolute atomic E-state index is 0.248. The maximum atomic E-state index is 11.7. The molecule has 0 unspecified atom stereocenters. The van der Waals surface area contributed by atoms with E-state index in [1.54, 1.807) is 18.2 Å². The van der Waals surface area contributed by atoms with Gasteiger partial charge in [-0.05, 0) is 53.6 Å². The maximum absolute atomic E-state index is 11.7. The molecule has 0 aliphatic carbocycles. The number of carbonyl (C=O) groups excluding carboxylic acids is 2. The number of nitrogens with two attached hydrogens (primary N) is 1. The maximum Gasteiger partial charge on any atom is 0.290 e. The highest BCUT2D eigenvalue weighted by molar-refractivity contribution is 8.18. The van der Waals surface area contributed by atoms with E-state index in [0.29, 0.717) is 17.1 Å². The molecular formula is C19H17N3O4S. The number of benzene rings is 2. The summed E-state index contributed by atoms with van der Waals surface area (Å²) in [7, 11) is 0. The van der Waals surface area contributed by atoms with Crippen molar-refractivity contribution in [1.82, 2.24) is 5.32 Å². The average molecular weight is 383 g/mol. The van der Waals surface area contributed by atoms with Crippen molar-refractivity contribution in [2.45, 2.75) is 6.42 Å². The monoisotopic (exact) mass is 383 g/mol. The van der Waals surface area contributed by atoms with Gasteiger partial charge in [-0.25, -0.2) is 0 Å². The summed E-state index contributed by atoms with van der Waals surface area (Å²) in [6.07, 6.45) is 2.41. The van der Waals surface area contributed by atoms with Crippen LogP contribution >= 0.6 is 11.8 Å². The Morgan fingerprint density at radius 1 is 1.22 bits per heavy atom. The van der Waals surface area contributed by atoms with E-state index >= 15 is 0 Å². The van der Waals surface area contributed by atoms with Gasteiger partial charge in [0, 0.05) is 6.54 Å². The predicted molar refractivity (Wildman–Crippen MR) is 105 cm³/mol. The zero-order chi connectivity index (χ0) is 18.8. The molecule has 2 aliphatic heterocycles. The van der Waals surface area contributed by atoms with Gasteiger partial charge in [0.05, 0.1) is 16.3 Å². The molecule has 2 aromatic rings. The second-order valence-corrected chi connectivity index (χ2v) is 7.04. The SMILES string of the molecule is Nc1ccc(C=C2SC(=O)NC2=O)cc1NCCc1cccc2c1OCO2. The zero-order valence-electron chi connectivity index (χ0n) is 14.3. The van der Waals surface area contributed by atoms with Crippen LogP contribution in [0.4, 0.5) is 16.2 Å². The number of thioether (sulfide) groups is 1. The van der Waals surface area contributed by atoms with Crippen LogP contribution in [0.1, 0.15) is 11.1 Å². The summed E-state index contributed by atoms with van der Waals surface area (Å²) in [6, 6.07) is 11.3. The Balaban J connectivity index is 1.45. The fraction of sp³-hybridized carbons (Fsp3) is 0.158. The molecule has 0 aromatic heterocycles. The molecule has 2 amide bonds. The summed E-state index contributed by atoms with van der Waals surface area (Å²) in [5.41, 5.74) is 9.27. The lowest BCUT2D eigenvalue weighted by atomic mass is 10.1. The van der Waals surface area contributed by atoms with Gasteiger partial charge in [0.2, 0.25) is 6.79 Å². The van der Waals surface area contributed by atoms with Crippen LogP contribution < -0.4 is 25.8 Å². The summed E-state index contributed by atoms with van der Waals surface area (Å²) in [4.78, 5) is 23.3. The van der Waals surface area contributed by atoms with E-state index in [4.69, 9.17) is 15.2 Å². The first kappa shape index (κ1) is 17.3. The van der Waals surface area contributed by atoms with Crippen LogP contribution in [0.5, 0.6) is 11.5 Å². The lowest BCUT2D eigenvalue weighted by Crippen LogP contribution is -2.17. The Bertz CT molecular complexity index is 958. The molecule has 4 N–H and O–H groups in total. The second kappa shape index (κ2) is 7.24. The number of nitrogen functional groups attached to an aromatic ring is 1. The summed E-state index contributed by atoms with van der Waals surface area (Å²) in [5, 5.41) is 5.19. The molecule has 0 radical (unpaired) electrons. The Kier molecular flexibility index (Phi) is 4.64. The molecule has 0 saturated carbocycles. The number of imide groups is 1. The zero-order valence-corrected chi connectivity index (χ0v) is 15.1. The lowest BCUT2D eigenvalue weighted by Gasteiger charge is -2.11. The molecule has 2 aliphatic rings. The van der Waals surface area contributed by atoms with Crippen molar-refractivity contribution < 1.29 is 19.1 Å². The summed E-state index contributed by atoms with van der Waals surface area (Å²) in [5.74, 6) is 1.18. The minimum Gasteiger partial charge on any atom is -0.454 e. The van der Waals surface area contributed by atoms with Crippen molar-refractivity contribution >= 4 is 40.4 Å². The molecule has 2 heterocycles. The van der Waals surface area contributed by atoms with Crippen LogP contribution in [0.25, 0.3) is 6.08 Å². The number of hydrogen-bond donors (Lipinski definition) is 3. The van der Waals surface area contributed by atoms with E-state index in [0.717, 1.165) is 46.5 Å². The second-order valence-electron chi connectivity index (χ2n) is 6.03. The Morgan fingerprint density at radius 2 is 2.11 bits per heavy atom. The van der Waals surface area contributed by atoms with Gasteiger partial charge in [-0.2, -0.15) is 0 Å². The first-order valence-electron chi connectivity index (χ1n) is 8.36. The lowest BCUT2D eigenvalue weighted by molar-refractivity contribution is -0.115. The summed E-state index contributed by atoms with van der Waals surface area (Å²) >= 11 is 0.889. The summed E-state index contributed by atoms with van der Waals surface area (Å²) in [6.45, 7) is 0.898. The average Bonchev–Trinajstić information content (AvgIpc) is 3.24. The van der Waals surface area contributed by atoms with E-state index in [1.165, 1.54) is 0 Å². The van der Waals surface area contributed by atoms with E-state index in [-0.39, 0.29) is 17.9 Å². The highest BCUT2D eigenvalue weighted by Crippen LogP contribution is 2.35. The number of ether oxygens (including phenoxy) is 2. The van der Waals surface area contributed by atoms with Crippen molar-refractivity contribution in [1.29, 1.82) is 0 Å². The largest absolute Gasteiger partial charge is 0.454 e. The normalized spacial score (nSPS) is 16.7. The van der Waals surface area contributed by atoms with Crippen molar-refractivity contribution in [3.63, 3.8) is 0 Å². The van der Waals surface area contributed by atoms with Gasteiger partial charge < -0.3 is 20.5 Å². The molecule has 7 nitrogen and oxygen atoms in total. The van der Waals surface area contributed by atoms with Crippen molar-refractivity contribution in [2.24, 2.45) is 0 Å². The number of hydrogen-bond acceptors (Lipinski definition) is 7. The molecule has 138 valence electrons. The van der Waals surface area contributed by atoms with Gasteiger partial charge >= 0.3 is 0 Å². The van der Waals surface area contributed by atoms with Crippen LogP contribution in [0.2, 0.25) is 0 Å². The smallest absolute Gasteiger partial charge is 0.290 e. The van der Waals surface area contributed by atoms with Crippen LogP contribution in [0.15, 0.2) is 41.3 Å². The first-order chi connectivity index (χ1) is 13.1. The third-order valence-electron chi connectivity index (χ3n) is 4.21. The molecule has 8 heteroatoms. The van der Waals surface area contributed by atoms with Crippen molar-refractivity contribution in [2.75, 3.05) is 24.4 Å². The molecule has 1 saturated heterocycles. The summed E-state index contributed by atoms with van der Waals surface area (Å²) < 4.78 is 10.9. The van der Waals surface area contributed by atoms with Crippen molar-refractivity contribution in [3.05, 3.63) is 52.4 Å². The highest BCUT2D eigenvalue weighted by atomic mass is 32.2. The number of anilines is 2. The first-order valence-corrected chi connectivity index (χ1v) is 9.17. The van der Waals surface area contributed by atoms with Gasteiger partial charge in [-0.1, -0.05) is 18.2 Å². The quantitative estimate of drug-likeness (QED) is 0.539. The number of nitrogens with one attached hydrogen (secondary N) is 2. The molecule has 4 rings (SSSR count). The molecule has 1 fully saturated rings. The molecule has 0 bridgehead atoms. The van der Waals surface area contributed by atoms with E-state index in [2.05, 4.69) is 10.6 Å². The minimum atomic E-state index is -0.378. The number of amides is 2. The topological polar surface area (TPSA) is 103 Å². The predicted octanol–water partition coefficient (Wildman–Crippen LogP) is 2.98.